The highest BCUT2D eigenvalue weighted by molar-refractivity contribution is 5.83. The molecule has 1 heterocycles. The summed E-state index contributed by atoms with van der Waals surface area (Å²) in [6, 6.07) is 1.84. The highest BCUT2D eigenvalue weighted by Crippen LogP contribution is 2.33. The Hall–Kier alpha value is -0.610. The van der Waals surface area contributed by atoms with Gasteiger partial charge in [0.15, 0.2) is 0 Å². The van der Waals surface area contributed by atoms with E-state index in [-0.39, 0.29) is 5.91 Å². The lowest BCUT2D eigenvalue weighted by molar-refractivity contribution is -0.123. The van der Waals surface area contributed by atoms with E-state index in [1.54, 1.807) is 0 Å². The van der Waals surface area contributed by atoms with Crippen LogP contribution < -0.4 is 11.1 Å². The number of nitrogens with one attached hydrogen (secondary N) is 1. The minimum atomic E-state index is -0.593. The lowest BCUT2D eigenvalue weighted by Gasteiger charge is -2.27. The van der Waals surface area contributed by atoms with Crippen molar-refractivity contribution in [2.75, 3.05) is 6.54 Å². The molecule has 16 heavy (non-hydrogen) atoms. The fourth-order valence-electron chi connectivity index (χ4n) is 2.66. The predicted octanol–water partition coefficient (Wildman–Crippen LogP) is 0.465. The highest BCUT2D eigenvalue weighted by atomic mass is 16.1. The molecule has 2 rings (SSSR count). The number of rotatable bonds is 4. The number of amides is 1. The second-order valence-corrected chi connectivity index (χ2v) is 5.84. The van der Waals surface area contributed by atoms with Crippen molar-refractivity contribution >= 4 is 5.91 Å². The van der Waals surface area contributed by atoms with Crippen LogP contribution >= 0.6 is 0 Å². The Kier molecular flexibility index (Phi) is 2.97. The Morgan fingerprint density at radius 1 is 1.44 bits per heavy atom. The van der Waals surface area contributed by atoms with Crippen LogP contribution in [0.25, 0.3) is 0 Å². The van der Waals surface area contributed by atoms with Crippen molar-refractivity contribution in [3.05, 3.63) is 0 Å². The van der Waals surface area contributed by atoms with Gasteiger partial charge in [-0.3, -0.25) is 15.0 Å². The summed E-state index contributed by atoms with van der Waals surface area (Å²) in [4.78, 5) is 13.8. The first kappa shape index (κ1) is 11.9. The van der Waals surface area contributed by atoms with Crippen LogP contribution in [0.4, 0.5) is 0 Å². The maximum absolute atomic E-state index is 11.3. The van der Waals surface area contributed by atoms with Crippen molar-refractivity contribution in [2.24, 2.45) is 5.73 Å². The number of primary amides is 1. The van der Waals surface area contributed by atoms with Crippen molar-refractivity contribution < 1.29 is 4.79 Å². The van der Waals surface area contributed by atoms with Crippen LogP contribution in [0, 0.1) is 0 Å². The maximum Gasteiger partial charge on any atom is 0.237 e. The smallest absolute Gasteiger partial charge is 0.237 e. The van der Waals surface area contributed by atoms with Crippen LogP contribution in [0.15, 0.2) is 0 Å². The van der Waals surface area contributed by atoms with Crippen LogP contribution in [0.2, 0.25) is 0 Å². The SMILES string of the molecule is CC1CC(NC(C)(C)C(N)=O)CN1C1CC1. The lowest BCUT2D eigenvalue weighted by atomic mass is 10.0. The Balaban J connectivity index is 1.90. The van der Waals surface area contributed by atoms with E-state index in [0.717, 1.165) is 19.0 Å². The van der Waals surface area contributed by atoms with Gasteiger partial charge in [0.2, 0.25) is 5.91 Å². The quantitative estimate of drug-likeness (QED) is 0.731. The molecule has 4 nitrogen and oxygen atoms in total. The van der Waals surface area contributed by atoms with Gasteiger partial charge in [-0.05, 0) is 40.0 Å². The summed E-state index contributed by atoms with van der Waals surface area (Å²) in [5, 5.41) is 3.38. The number of carbonyl (C=O) groups is 1. The molecule has 2 fully saturated rings. The van der Waals surface area contributed by atoms with E-state index in [9.17, 15) is 4.79 Å². The zero-order valence-corrected chi connectivity index (χ0v) is 10.5. The Morgan fingerprint density at radius 2 is 2.06 bits per heavy atom. The third-order valence-electron chi connectivity index (χ3n) is 3.82. The summed E-state index contributed by atoms with van der Waals surface area (Å²) < 4.78 is 0. The van der Waals surface area contributed by atoms with E-state index < -0.39 is 5.54 Å². The fourth-order valence-corrected chi connectivity index (χ4v) is 2.66. The van der Waals surface area contributed by atoms with Crippen molar-refractivity contribution in [3.63, 3.8) is 0 Å². The highest BCUT2D eigenvalue weighted by Gasteiger charge is 2.40. The summed E-state index contributed by atoms with van der Waals surface area (Å²) >= 11 is 0. The van der Waals surface area contributed by atoms with Gasteiger partial charge in [-0.1, -0.05) is 0 Å². The fraction of sp³-hybridized carbons (Fsp3) is 0.917. The third kappa shape index (κ3) is 2.38. The van der Waals surface area contributed by atoms with E-state index in [4.69, 9.17) is 5.73 Å². The Bertz CT molecular complexity index is 286. The average Bonchev–Trinajstić information content (AvgIpc) is 2.91. The molecule has 4 heteroatoms. The Morgan fingerprint density at radius 3 is 2.56 bits per heavy atom. The van der Waals surface area contributed by atoms with Gasteiger partial charge in [0.05, 0.1) is 5.54 Å². The molecule has 0 spiro atoms. The molecule has 92 valence electrons. The first-order chi connectivity index (χ1) is 7.40. The molecule has 1 amide bonds. The predicted molar refractivity (Wildman–Crippen MR) is 64.0 cm³/mol. The van der Waals surface area contributed by atoms with Gasteiger partial charge in [0.25, 0.3) is 0 Å². The third-order valence-corrected chi connectivity index (χ3v) is 3.82. The first-order valence-corrected chi connectivity index (χ1v) is 6.23. The molecule has 2 atom stereocenters. The van der Waals surface area contributed by atoms with Gasteiger partial charge in [-0.25, -0.2) is 0 Å². The standard InChI is InChI=1S/C12H23N3O/c1-8-6-9(7-15(8)10-4-5-10)14-12(2,3)11(13)16/h8-10,14H,4-7H2,1-3H3,(H2,13,16). The average molecular weight is 225 g/mol. The zero-order chi connectivity index (χ0) is 11.9. The Labute approximate surface area is 97.6 Å². The van der Waals surface area contributed by atoms with Crippen LogP contribution in [0.5, 0.6) is 0 Å². The molecule has 1 aliphatic heterocycles. The van der Waals surface area contributed by atoms with Crippen molar-refractivity contribution in [1.29, 1.82) is 0 Å². The summed E-state index contributed by atoms with van der Waals surface area (Å²) in [5.41, 5.74) is 4.78. The normalized spacial score (nSPS) is 31.9. The number of nitrogens with two attached hydrogens (primary N) is 1. The number of hydrogen-bond acceptors (Lipinski definition) is 3. The lowest BCUT2D eigenvalue weighted by Crippen LogP contribution is -2.55. The molecule has 1 saturated heterocycles. The monoisotopic (exact) mass is 225 g/mol. The van der Waals surface area contributed by atoms with E-state index in [0.29, 0.717) is 12.1 Å². The van der Waals surface area contributed by atoms with Gasteiger partial charge in [-0.2, -0.15) is 0 Å². The van der Waals surface area contributed by atoms with Crippen LogP contribution in [-0.4, -0.2) is 41.0 Å². The first-order valence-electron chi connectivity index (χ1n) is 6.23. The molecule has 1 aliphatic carbocycles. The van der Waals surface area contributed by atoms with Crippen molar-refractivity contribution in [2.45, 2.75) is 63.7 Å². The molecule has 0 aromatic heterocycles. The number of likely N-dealkylation sites (tertiary alicyclic amines) is 1. The van der Waals surface area contributed by atoms with Gasteiger partial charge >= 0.3 is 0 Å². The van der Waals surface area contributed by atoms with Gasteiger partial charge in [-0.15, -0.1) is 0 Å². The molecule has 2 aliphatic rings. The van der Waals surface area contributed by atoms with Crippen molar-refractivity contribution in [3.8, 4) is 0 Å². The number of nitrogens with zero attached hydrogens (tertiary/aromatic N) is 1. The van der Waals surface area contributed by atoms with Gasteiger partial charge < -0.3 is 5.73 Å². The molecule has 1 saturated carbocycles. The van der Waals surface area contributed by atoms with E-state index in [2.05, 4.69) is 17.1 Å². The molecule has 2 unspecified atom stereocenters. The largest absolute Gasteiger partial charge is 0.368 e. The van der Waals surface area contributed by atoms with E-state index in [1.807, 2.05) is 13.8 Å². The maximum atomic E-state index is 11.3. The summed E-state index contributed by atoms with van der Waals surface area (Å²) in [6.45, 7) is 7.05. The van der Waals surface area contributed by atoms with E-state index >= 15 is 0 Å². The molecule has 3 N–H and O–H groups in total. The summed E-state index contributed by atoms with van der Waals surface area (Å²) in [7, 11) is 0. The molecule has 0 aromatic rings. The van der Waals surface area contributed by atoms with Crippen LogP contribution in [0.1, 0.15) is 40.0 Å². The number of carbonyl (C=O) groups excluding carboxylic acids is 1. The second-order valence-electron chi connectivity index (χ2n) is 5.84. The van der Waals surface area contributed by atoms with Crippen LogP contribution in [-0.2, 0) is 4.79 Å². The summed E-state index contributed by atoms with van der Waals surface area (Å²) in [5.74, 6) is -0.273. The molecule has 0 aromatic carbocycles. The van der Waals surface area contributed by atoms with Gasteiger partial charge in [0.1, 0.15) is 0 Å². The molecular weight excluding hydrogens is 202 g/mol. The molecular formula is C12H23N3O. The zero-order valence-electron chi connectivity index (χ0n) is 10.5. The topological polar surface area (TPSA) is 58.4 Å². The summed E-state index contributed by atoms with van der Waals surface area (Å²) in [6.07, 6.45) is 3.81. The minimum Gasteiger partial charge on any atom is -0.368 e. The molecule has 0 bridgehead atoms. The van der Waals surface area contributed by atoms with Crippen LogP contribution in [0.3, 0.4) is 0 Å². The minimum absolute atomic E-state index is 0.273. The number of hydrogen-bond donors (Lipinski definition) is 2. The van der Waals surface area contributed by atoms with E-state index in [1.165, 1.54) is 12.8 Å². The molecule has 0 radical (unpaired) electrons. The second kappa shape index (κ2) is 4.00. The van der Waals surface area contributed by atoms with Crippen molar-refractivity contribution in [1.82, 2.24) is 10.2 Å². The van der Waals surface area contributed by atoms with Gasteiger partial charge in [0, 0.05) is 24.7 Å².